The zero-order valence-electron chi connectivity index (χ0n) is 29.8. The maximum absolute atomic E-state index is 13.6. The van der Waals surface area contributed by atoms with Crippen molar-refractivity contribution < 1.29 is 51.6 Å². The van der Waals surface area contributed by atoms with Crippen LogP contribution in [0.25, 0.3) is 5.69 Å². The summed E-state index contributed by atoms with van der Waals surface area (Å²) < 4.78 is 64.4. The molecule has 4 rings (SSSR count). The van der Waals surface area contributed by atoms with Crippen molar-refractivity contribution in [1.29, 1.82) is 0 Å². The number of aromatic nitrogens is 3. The van der Waals surface area contributed by atoms with Crippen molar-refractivity contribution in [3.8, 4) is 11.4 Å². The fourth-order valence-electron chi connectivity index (χ4n) is 5.16. The van der Waals surface area contributed by atoms with Crippen LogP contribution in [0.1, 0.15) is 95.8 Å². The number of amides is 2. The molecule has 0 saturated carbocycles. The summed E-state index contributed by atoms with van der Waals surface area (Å²) in [5.74, 6) is -2.22. The third-order valence-corrected chi connectivity index (χ3v) is 6.76. The summed E-state index contributed by atoms with van der Waals surface area (Å²) in [6, 6.07) is 7.58. The zero-order valence-corrected chi connectivity index (χ0v) is 29.8. The summed E-state index contributed by atoms with van der Waals surface area (Å²) in [6.07, 6.45) is -3.25. The first kappa shape index (κ1) is 40.9. The number of carbonyl (C=O) groups is 3. The van der Waals surface area contributed by atoms with E-state index in [2.05, 4.69) is 57.2 Å². The van der Waals surface area contributed by atoms with E-state index in [-0.39, 0.29) is 42.0 Å². The van der Waals surface area contributed by atoms with E-state index in [4.69, 9.17) is 24.1 Å². The lowest BCUT2D eigenvalue weighted by Gasteiger charge is -2.30. The van der Waals surface area contributed by atoms with Crippen molar-refractivity contribution >= 4 is 29.2 Å². The largest absolute Gasteiger partial charge is 0.493 e. The molecule has 1 aliphatic rings. The average molecular weight is 722 g/mol. The van der Waals surface area contributed by atoms with Gasteiger partial charge in [0.25, 0.3) is 0 Å². The number of rotatable bonds is 11. The van der Waals surface area contributed by atoms with Crippen LogP contribution in [0.15, 0.2) is 42.6 Å². The molecule has 1 atom stereocenters. The molecule has 3 N–H and O–H groups in total. The van der Waals surface area contributed by atoms with Crippen molar-refractivity contribution in [2.45, 2.75) is 104 Å². The molecule has 3 aromatic rings. The van der Waals surface area contributed by atoms with Gasteiger partial charge in [0, 0.05) is 18.2 Å². The summed E-state index contributed by atoms with van der Waals surface area (Å²) in [6.45, 7) is 14.5. The fourth-order valence-corrected chi connectivity index (χ4v) is 5.16. The standard InChI is InChI=1S/C27H28F3N5O7.C8H18O/c1-2-40-23-12-21(33-26(38)39)20(11-19(23)27(28,29)30)32-24(37)13-22(36)16-6-5-7-17(10-16)35-18(14-31-34-35)15-42-25-8-3-4-9-41-25;1-7(2,3)9-8(4,5)6/h5-7,10-12,14,25,33H,2-4,8-9,13,15H2,1H3,(H,32,37)(H,38,39);1-6H3. The molecule has 0 aliphatic carbocycles. The van der Waals surface area contributed by atoms with E-state index in [9.17, 15) is 27.6 Å². The third kappa shape index (κ3) is 13.6. The van der Waals surface area contributed by atoms with Gasteiger partial charge in [0.1, 0.15) is 5.75 Å². The van der Waals surface area contributed by atoms with Gasteiger partial charge in [0.05, 0.1) is 65.4 Å². The van der Waals surface area contributed by atoms with Crippen molar-refractivity contribution in [3.63, 3.8) is 0 Å². The molecule has 0 radical (unpaired) electrons. The number of ketones is 1. The smallest absolute Gasteiger partial charge is 0.420 e. The Kier molecular flexibility index (Phi) is 14.1. The molecular formula is C35H46F3N5O8. The molecule has 51 heavy (non-hydrogen) atoms. The van der Waals surface area contributed by atoms with Crippen LogP contribution in [0.2, 0.25) is 0 Å². The van der Waals surface area contributed by atoms with Gasteiger partial charge in [0.15, 0.2) is 12.1 Å². The maximum Gasteiger partial charge on any atom is 0.420 e. The molecular weight excluding hydrogens is 675 g/mol. The highest BCUT2D eigenvalue weighted by Gasteiger charge is 2.36. The lowest BCUT2D eigenvalue weighted by Crippen LogP contribution is -2.31. The molecule has 0 bridgehead atoms. The second kappa shape index (κ2) is 17.6. The van der Waals surface area contributed by atoms with Gasteiger partial charge < -0.3 is 29.4 Å². The topological polar surface area (TPSA) is 163 Å². The minimum Gasteiger partial charge on any atom is -0.493 e. The van der Waals surface area contributed by atoms with Crippen LogP contribution in [0.5, 0.6) is 5.75 Å². The monoisotopic (exact) mass is 721 g/mol. The van der Waals surface area contributed by atoms with Gasteiger partial charge in [-0.3, -0.25) is 14.9 Å². The highest BCUT2D eigenvalue weighted by atomic mass is 19.4. The zero-order chi connectivity index (χ0) is 38.0. The molecule has 2 heterocycles. The van der Waals surface area contributed by atoms with Crippen molar-refractivity contribution in [2.24, 2.45) is 0 Å². The molecule has 1 fully saturated rings. The van der Waals surface area contributed by atoms with E-state index in [0.717, 1.165) is 25.3 Å². The highest BCUT2D eigenvalue weighted by molar-refractivity contribution is 6.12. The first-order valence-electron chi connectivity index (χ1n) is 16.4. The van der Waals surface area contributed by atoms with Crippen LogP contribution in [-0.4, -0.2) is 68.6 Å². The van der Waals surface area contributed by atoms with E-state index in [1.54, 1.807) is 12.1 Å². The first-order chi connectivity index (χ1) is 23.8. The minimum absolute atomic E-state index is 0.0156. The molecule has 0 spiro atoms. The Hall–Kier alpha value is -4.54. The molecule has 16 heteroatoms. The molecule has 1 saturated heterocycles. The number of hydrogen-bond acceptors (Lipinski definition) is 9. The van der Waals surface area contributed by atoms with Gasteiger partial charge in [-0.05, 0) is 85.9 Å². The number of halogens is 3. The number of anilines is 2. The van der Waals surface area contributed by atoms with Gasteiger partial charge in [-0.2, -0.15) is 13.2 Å². The Morgan fingerprint density at radius 1 is 1.00 bits per heavy atom. The highest BCUT2D eigenvalue weighted by Crippen LogP contribution is 2.41. The fraction of sp³-hybridized carbons (Fsp3) is 0.514. The summed E-state index contributed by atoms with van der Waals surface area (Å²) in [5.41, 5.74) is -0.909. The van der Waals surface area contributed by atoms with E-state index in [1.165, 1.54) is 29.9 Å². The molecule has 1 unspecified atom stereocenters. The summed E-state index contributed by atoms with van der Waals surface area (Å²) >= 11 is 0. The van der Waals surface area contributed by atoms with Gasteiger partial charge in [0.2, 0.25) is 5.91 Å². The van der Waals surface area contributed by atoms with Gasteiger partial charge in [-0.25, -0.2) is 9.48 Å². The van der Waals surface area contributed by atoms with Crippen molar-refractivity contribution in [3.05, 3.63) is 59.4 Å². The molecule has 2 amide bonds. The van der Waals surface area contributed by atoms with Crippen LogP contribution in [0, 0.1) is 0 Å². The number of ether oxygens (including phenoxy) is 4. The van der Waals surface area contributed by atoms with Gasteiger partial charge >= 0.3 is 12.3 Å². The Bertz CT molecular complexity index is 1630. The second-order valence-corrected chi connectivity index (χ2v) is 13.5. The molecule has 1 aliphatic heterocycles. The molecule has 13 nitrogen and oxygen atoms in total. The number of Topliss-reactive ketones (excluding diaryl/α,β-unsaturated/α-hetero) is 1. The van der Waals surface area contributed by atoms with E-state index >= 15 is 0 Å². The SMILES string of the molecule is CC(C)(C)OC(C)(C)C.CCOc1cc(NC(=O)O)c(NC(=O)CC(=O)c2cccc(-n3nncc3COC3CCCCO3)c2)cc1C(F)(F)F. The lowest BCUT2D eigenvalue weighted by atomic mass is 10.1. The number of alkyl halides is 3. The molecule has 280 valence electrons. The van der Waals surface area contributed by atoms with E-state index in [0.29, 0.717) is 24.1 Å². The molecule has 2 aromatic carbocycles. The number of nitrogens with zero attached hydrogens (tertiary/aromatic N) is 3. The summed E-state index contributed by atoms with van der Waals surface area (Å²) in [5, 5.41) is 21.2. The van der Waals surface area contributed by atoms with Gasteiger partial charge in [-0.15, -0.1) is 5.10 Å². The van der Waals surface area contributed by atoms with Crippen molar-refractivity contribution in [2.75, 3.05) is 23.8 Å². The predicted molar refractivity (Wildman–Crippen MR) is 182 cm³/mol. The molecule has 1 aromatic heterocycles. The quantitative estimate of drug-likeness (QED) is 0.133. The number of carbonyl (C=O) groups excluding carboxylic acids is 2. The van der Waals surface area contributed by atoms with Crippen LogP contribution in [0.3, 0.4) is 0 Å². The van der Waals surface area contributed by atoms with E-state index < -0.39 is 47.4 Å². The Labute approximate surface area is 294 Å². The predicted octanol–water partition coefficient (Wildman–Crippen LogP) is 7.63. The number of benzene rings is 2. The average Bonchev–Trinajstić information content (AvgIpc) is 3.48. The second-order valence-electron chi connectivity index (χ2n) is 13.5. The summed E-state index contributed by atoms with van der Waals surface area (Å²) in [7, 11) is 0. The normalized spacial score (nSPS) is 15.0. The van der Waals surface area contributed by atoms with Crippen molar-refractivity contribution in [1.82, 2.24) is 15.0 Å². The van der Waals surface area contributed by atoms with Crippen LogP contribution >= 0.6 is 0 Å². The summed E-state index contributed by atoms with van der Waals surface area (Å²) in [4.78, 5) is 36.9. The Balaban J connectivity index is 0.000000688. The van der Waals surface area contributed by atoms with Crippen LogP contribution in [-0.2, 0) is 31.8 Å². The van der Waals surface area contributed by atoms with E-state index in [1.807, 2.05) is 5.32 Å². The number of nitrogens with one attached hydrogen (secondary N) is 2. The first-order valence-corrected chi connectivity index (χ1v) is 16.4. The third-order valence-electron chi connectivity index (χ3n) is 6.76. The Morgan fingerprint density at radius 2 is 1.69 bits per heavy atom. The number of carboxylic acid groups (broad SMARTS) is 1. The Morgan fingerprint density at radius 3 is 2.25 bits per heavy atom. The lowest BCUT2D eigenvalue weighted by molar-refractivity contribution is -0.169. The minimum atomic E-state index is -4.86. The maximum atomic E-state index is 13.6. The van der Waals surface area contributed by atoms with Gasteiger partial charge in [-0.1, -0.05) is 17.3 Å². The van der Waals surface area contributed by atoms with Crippen LogP contribution in [0.4, 0.5) is 29.3 Å². The number of hydrogen-bond donors (Lipinski definition) is 3. The van der Waals surface area contributed by atoms with Crippen LogP contribution < -0.4 is 15.4 Å².